The van der Waals surface area contributed by atoms with Crippen LogP contribution in [0.25, 0.3) is 0 Å². The first-order chi connectivity index (χ1) is 22.9. The third-order valence-corrected chi connectivity index (χ3v) is 9.79. The molecule has 0 atom stereocenters. The van der Waals surface area contributed by atoms with Gasteiger partial charge in [0, 0.05) is 0 Å². The zero-order valence-corrected chi connectivity index (χ0v) is 32.0. The van der Waals surface area contributed by atoms with Crippen molar-refractivity contribution in [1.29, 1.82) is 0 Å². The molecule has 46 heavy (non-hydrogen) atoms. The molecule has 0 amide bonds. The molecule has 0 aliphatic heterocycles. The van der Waals surface area contributed by atoms with E-state index in [1.54, 1.807) is 0 Å². The van der Waals surface area contributed by atoms with Gasteiger partial charge in [-0.2, -0.15) is 0 Å². The summed E-state index contributed by atoms with van der Waals surface area (Å²) in [6.07, 6.45) is 62.2. The van der Waals surface area contributed by atoms with Crippen molar-refractivity contribution < 1.29 is 0 Å². The zero-order chi connectivity index (χ0) is 33.1. The van der Waals surface area contributed by atoms with Gasteiger partial charge in [0.1, 0.15) is 0 Å². The summed E-state index contributed by atoms with van der Waals surface area (Å²) >= 11 is 0. The topological polar surface area (TPSA) is 12.0 Å². The number of hydrogen-bond donors (Lipinski definition) is 1. The van der Waals surface area contributed by atoms with Crippen molar-refractivity contribution in [3.63, 3.8) is 0 Å². The molecule has 0 fully saturated rings. The normalized spacial score (nSPS) is 11.8. The first-order valence-corrected chi connectivity index (χ1v) is 21.5. The smallest absolute Gasteiger partial charge is 0.00489 e. The van der Waals surface area contributed by atoms with Crippen LogP contribution in [0.3, 0.4) is 0 Å². The summed E-state index contributed by atoms with van der Waals surface area (Å²) in [7, 11) is 0. The van der Waals surface area contributed by atoms with Crippen molar-refractivity contribution in [2.24, 2.45) is 0 Å². The Hall–Kier alpha value is -0.820. The molecule has 0 unspecified atom stereocenters. The average molecular weight is 642 g/mol. The minimum Gasteiger partial charge on any atom is -0.317 e. The zero-order valence-electron chi connectivity index (χ0n) is 32.0. The van der Waals surface area contributed by atoms with Crippen LogP contribution in [0.2, 0.25) is 0 Å². The second kappa shape index (κ2) is 44.2. The van der Waals surface area contributed by atoms with Gasteiger partial charge >= 0.3 is 0 Å². The van der Waals surface area contributed by atoms with Crippen LogP contribution in [-0.2, 0) is 0 Å². The van der Waals surface area contributed by atoms with Crippen LogP contribution in [0.5, 0.6) is 0 Å². The van der Waals surface area contributed by atoms with Crippen molar-refractivity contribution in [3.05, 3.63) is 37.0 Å². The number of rotatable bonds is 41. The molecule has 0 saturated heterocycles. The van der Waals surface area contributed by atoms with Gasteiger partial charge in [-0.3, -0.25) is 0 Å². The van der Waals surface area contributed by atoms with Crippen LogP contribution in [0.15, 0.2) is 37.0 Å². The van der Waals surface area contributed by atoms with E-state index in [9.17, 15) is 0 Å². The van der Waals surface area contributed by atoms with Gasteiger partial charge in [-0.1, -0.05) is 191 Å². The maximum atomic E-state index is 3.80. The minimum absolute atomic E-state index is 1.19. The van der Waals surface area contributed by atoms with Crippen molar-refractivity contribution in [2.75, 3.05) is 13.1 Å². The Morgan fingerprint density at radius 3 is 0.826 bits per heavy atom. The van der Waals surface area contributed by atoms with Gasteiger partial charge in [-0.15, -0.1) is 6.58 Å². The predicted octanol–water partition coefficient (Wildman–Crippen LogP) is 15.9. The quantitative estimate of drug-likeness (QED) is 0.0517. The van der Waals surface area contributed by atoms with Crippen LogP contribution in [-0.4, -0.2) is 13.1 Å². The van der Waals surface area contributed by atoms with E-state index in [4.69, 9.17) is 0 Å². The summed E-state index contributed by atoms with van der Waals surface area (Å²) in [5.41, 5.74) is 0. The standard InChI is InChI=1S/C45H87N/c1-3-5-7-9-11-13-15-17-19-21-23-25-27-29-31-33-35-37-39-41-43-45-46-44-42-40-38-36-34-32-30-28-26-24-22-20-18-16-14-12-10-8-6-4-2/h3,18-21,46H,1,4-17,22-45H2,2H3/b20-18-,21-19-. The Balaban J connectivity index is 3.10. The molecule has 0 aromatic carbocycles. The fourth-order valence-electron chi connectivity index (χ4n) is 6.57. The number of allylic oxidation sites excluding steroid dienone is 5. The summed E-state index contributed by atoms with van der Waals surface area (Å²) in [5, 5.41) is 3.69. The third-order valence-electron chi connectivity index (χ3n) is 9.79. The Labute approximate surface area is 292 Å². The van der Waals surface area contributed by atoms with Gasteiger partial charge in [-0.05, 0) is 90.1 Å². The number of nitrogens with one attached hydrogen (secondary N) is 1. The fraction of sp³-hybridized carbons (Fsp3) is 0.867. The molecule has 272 valence electrons. The molecule has 0 spiro atoms. The molecular formula is C45H87N. The SMILES string of the molecule is C=CCCCCCCC/C=C\CCCCCCCCCCCCNCCCCCCCCCCCC/C=C\CCCCCCCC. The third kappa shape index (κ3) is 43.2. The minimum atomic E-state index is 1.19. The molecular weight excluding hydrogens is 555 g/mol. The summed E-state index contributed by atoms with van der Waals surface area (Å²) in [6.45, 7) is 8.57. The van der Waals surface area contributed by atoms with E-state index in [-0.39, 0.29) is 0 Å². The van der Waals surface area contributed by atoms with E-state index in [0.717, 1.165) is 0 Å². The van der Waals surface area contributed by atoms with Crippen molar-refractivity contribution in [3.8, 4) is 0 Å². The molecule has 0 saturated carbocycles. The van der Waals surface area contributed by atoms with Crippen LogP contribution >= 0.6 is 0 Å². The lowest BCUT2D eigenvalue weighted by Gasteiger charge is -2.06. The highest BCUT2D eigenvalue weighted by atomic mass is 14.8. The predicted molar refractivity (Wildman–Crippen MR) is 213 cm³/mol. The summed E-state index contributed by atoms with van der Waals surface area (Å²) < 4.78 is 0. The van der Waals surface area contributed by atoms with E-state index in [0.29, 0.717) is 0 Å². The highest BCUT2D eigenvalue weighted by Gasteiger charge is 1.96. The van der Waals surface area contributed by atoms with Crippen molar-refractivity contribution >= 4 is 0 Å². The van der Waals surface area contributed by atoms with Crippen molar-refractivity contribution in [2.45, 2.75) is 238 Å². The van der Waals surface area contributed by atoms with E-state index < -0.39 is 0 Å². The van der Waals surface area contributed by atoms with Gasteiger partial charge in [0.15, 0.2) is 0 Å². The first kappa shape index (κ1) is 45.2. The summed E-state index contributed by atoms with van der Waals surface area (Å²) in [4.78, 5) is 0. The Morgan fingerprint density at radius 1 is 0.304 bits per heavy atom. The van der Waals surface area contributed by atoms with Crippen LogP contribution in [0, 0.1) is 0 Å². The van der Waals surface area contributed by atoms with Crippen LogP contribution < -0.4 is 5.32 Å². The van der Waals surface area contributed by atoms with Gasteiger partial charge in [0.25, 0.3) is 0 Å². The van der Waals surface area contributed by atoms with Crippen LogP contribution in [0.4, 0.5) is 0 Å². The molecule has 0 aromatic rings. The first-order valence-electron chi connectivity index (χ1n) is 21.5. The highest BCUT2D eigenvalue weighted by Crippen LogP contribution is 2.14. The molecule has 0 rings (SSSR count). The molecule has 0 aromatic heterocycles. The van der Waals surface area contributed by atoms with Crippen molar-refractivity contribution in [1.82, 2.24) is 5.32 Å². The molecule has 0 heterocycles. The highest BCUT2D eigenvalue weighted by molar-refractivity contribution is 4.82. The van der Waals surface area contributed by atoms with Gasteiger partial charge in [0.05, 0.1) is 0 Å². The fourth-order valence-corrected chi connectivity index (χ4v) is 6.57. The second-order valence-corrected chi connectivity index (χ2v) is 14.5. The lowest BCUT2D eigenvalue weighted by Crippen LogP contribution is -2.16. The lowest BCUT2D eigenvalue weighted by atomic mass is 10.1. The monoisotopic (exact) mass is 642 g/mol. The Kier molecular flexibility index (Phi) is 43.4. The Bertz CT molecular complexity index is 590. The van der Waals surface area contributed by atoms with Gasteiger partial charge in [0.2, 0.25) is 0 Å². The second-order valence-electron chi connectivity index (χ2n) is 14.5. The lowest BCUT2D eigenvalue weighted by molar-refractivity contribution is 0.524. The summed E-state index contributed by atoms with van der Waals surface area (Å²) in [5.74, 6) is 0. The summed E-state index contributed by atoms with van der Waals surface area (Å²) in [6, 6.07) is 0. The maximum Gasteiger partial charge on any atom is -0.00489 e. The molecule has 1 nitrogen and oxygen atoms in total. The molecule has 0 aliphatic rings. The maximum absolute atomic E-state index is 3.80. The number of hydrogen-bond acceptors (Lipinski definition) is 1. The van der Waals surface area contributed by atoms with Crippen LogP contribution in [0.1, 0.15) is 238 Å². The molecule has 0 radical (unpaired) electrons. The van der Waals surface area contributed by atoms with Gasteiger partial charge in [-0.25, -0.2) is 0 Å². The van der Waals surface area contributed by atoms with Gasteiger partial charge < -0.3 is 5.32 Å². The molecule has 0 bridgehead atoms. The van der Waals surface area contributed by atoms with E-state index in [2.05, 4.69) is 43.1 Å². The molecule has 0 aliphatic carbocycles. The molecule has 1 heteroatoms. The van der Waals surface area contributed by atoms with E-state index >= 15 is 0 Å². The van der Waals surface area contributed by atoms with E-state index in [1.807, 2.05) is 6.08 Å². The Morgan fingerprint density at radius 2 is 0.543 bits per heavy atom. The van der Waals surface area contributed by atoms with E-state index in [1.165, 1.54) is 244 Å². The molecule has 1 N–H and O–H groups in total. The largest absolute Gasteiger partial charge is 0.317 e. The number of unbranched alkanes of at least 4 members (excludes halogenated alkanes) is 32. The average Bonchev–Trinajstić information content (AvgIpc) is 3.07.